The number of aromatic nitrogens is 2. The van der Waals surface area contributed by atoms with Gasteiger partial charge in [-0.15, -0.1) is 11.3 Å². The second-order valence-electron chi connectivity index (χ2n) is 3.71. The van der Waals surface area contributed by atoms with Gasteiger partial charge in [0.1, 0.15) is 10.6 Å². The van der Waals surface area contributed by atoms with Gasteiger partial charge in [0, 0.05) is 13.2 Å². The maximum absolute atomic E-state index is 12.0. The van der Waals surface area contributed by atoms with Gasteiger partial charge in [0.25, 0.3) is 0 Å². The van der Waals surface area contributed by atoms with E-state index in [1.54, 1.807) is 10.0 Å². The number of hydrogen-bond acceptors (Lipinski definition) is 4. The molecule has 88 valence electrons. The van der Waals surface area contributed by atoms with Crippen LogP contribution >= 0.6 is 11.3 Å². The normalized spacial score (nSPS) is 14.9. The monoisotopic (exact) mass is 249 g/mol. The molecular formula is C10H11N5OS. The number of H-pyrrole nitrogens is 1. The van der Waals surface area contributed by atoms with E-state index in [4.69, 9.17) is 0 Å². The molecule has 2 amide bonds. The van der Waals surface area contributed by atoms with Crippen molar-refractivity contribution in [3.8, 4) is 0 Å². The topological polar surface area (TPSA) is 64.3 Å². The number of anilines is 1. The van der Waals surface area contributed by atoms with Crippen LogP contribution in [0.15, 0.2) is 23.7 Å². The van der Waals surface area contributed by atoms with E-state index in [2.05, 4.69) is 15.5 Å². The fraction of sp³-hybridized carbons (Fsp3) is 0.200. The summed E-state index contributed by atoms with van der Waals surface area (Å²) in [5, 5.41) is 16.0. The molecule has 0 unspecified atom stereocenters. The number of hydrogen-bond donors (Lipinski definition) is 2. The highest BCUT2D eigenvalue weighted by molar-refractivity contribution is 7.16. The summed E-state index contributed by atoms with van der Waals surface area (Å²) in [7, 11) is 1.83. The van der Waals surface area contributed by atoms with E-state index in [0.717, 1.165) is 10.2 Å². The van der Waals surface area contributed by atoms with Crippen molar-refractivity contribution in [3.63, 3.8) is 0 Å². The van der Waals surface area contributed by atoms with Gasteiger partial charge in [-0.05, 0) is 17.5 Å². The summed E-state index contributed by atoms with van der Waals surface area (Å²) < 4.78 is 0. The van der Waals surface area contributed by atoms with Crippen molar-refractivity contribution >= 4 is 33.4 Å². The SMILES string of the molecule is CN1C=CCN1C(=O)Nc1[nH]nc2sccc12. The van der Waals surface area contributed by atoms with E-state index in [-0.39, 0.29) is 6.03 Å². The molecule has 0 atom stereocenters. The number of nitrogens with one attached hydrogen (secondary N) is 2. The van der Waals surface area contributed by atoms with Crippen molar-refractivity contribution in [3.05, 3.63) is 23.7 Å². The highest BCUT2D eigenvalue weighted by atomic mass is 32.1. The second kappa shape index (κ2) is 3.77. The number of amides is 2. The summed E-state index contributed by atoms with van der Waals surface area (Å²) in [5.74, 6) is 0.645. The third-order valence-electron chi connectivity index (χ3n) is 2.63. The molecule has 7 heteroatoms. The first-order valence-corrected chi connectivity index (χ1v) is 6.03. The van der Waals surface area contributed by atoms with Crippen LogP contribution in [0.4, 0.5) is 10.6 Å². The minimum atomic E-state index is -0.172. The molecule has 2 N–H and O–H groups in total. The Kier molecular flexibility index (Phi) is 2.25. The molecule has 0 fully saturated rings. The Bertz CT molecular complexity index is 586. The zero-order valence-electron chi connectivity index (χ0n) is 9.17. The summed E-state index contributed by atoms with van der Waals surface area (Å²) in [4.78, 5) is 12.9. The van der Waals surface area contributed by atoms with E-state index >= 15 is 0 Å². The van der Waals surface area contributed by atoms with Gasteiger partial charge in [-0.2, -0.15) is 5.10 Å². The molecule has 0 saturated carbocycles. The number of rotatable bonds is 1. The lowest BCUT2D eigenvalue weighted by Crippen LogP contribution is -2.40. The smallest absolute Gasteiger partial charge is 0.292 e. The Balaban J connectivity index is 1.79. The summed E-state index contributed by atoms with van der Waals surface area (Å²) in [6.07, 6.45) is 3.78. The third-order valence-corrected chi connectivity index (χ3v) is 3.44. The fourth-order valence-electron chi connectivity index (χ4n) is 1.75. The van der Waals surface area contributed by atoms with Crippen LogP contribution in [-0.4, -0.2) is 39.8 Å². The number of fused-ring (bicyclic) bond motifs is 1. The maximum atomic E-state index is 12.0. The number of urea groups is 1. The Morgan fingerprint density at radius 1 is 1.65 bits per heavy atom. The molecule has 3 rings (SSSR count). The molecule has 0 aromatic carbocycles. The first-order valence-electron chi connectivity index (χ1n) is 5.15. The van der Waals surface area contributed by atoms with Gasteiger partial charge in [-0.1, -0.05) is 0 Å². The molecule has 17 heavy (non-hydrogen) atoms. The maximum Gasteiger partial charge on any atom is 0.342 e. The van der Waals surface area contributed by atoms with Gasteiger partial charge in [0.2, 0.25) is 0 Å². The van der Waals surface area contributed by atoms with Gasteiger partial charge in [-0.25, -0.2) is 9.80 Å². The zero-order valence-corrected chi connectivity index (χ0v) is 9.99. The Morgan fingerprint density at radius 2 is 2.53 bits per heavy atom. The largest absolute Gasteiger partial charge is 0.342 e. The van der Waals surface area contributed by atoms with E-state index in [1.165, 1.54) is 11.3 Å². The van der Waals surface area contributed by atoms with Crippen LogP contribution in [0, 0.1) is 0 Å². The van der Waals surface area contributed by atoms with E-state index in [1.807, 2.05) is 30.8 Å². The Labute approximate surface area is 101 Å². The molecule has 3 heterocycles. The standard InChI is InChI=1S/C10H11N5OS/c1-14-4-2-5-15(14)10(16)11-8-7-3-6-17-9(7)13-12-8/h2-4,6H,5H2,1H3,(H2,11,12,13,16). The molecule has 0 spiro atoms. The summed E-state index contributed by atoms with van der Waals surface area (Å²) in [6.45, 7) is 0.587. The molecule has 0 aliphatic carbocycles. The van der Waals surface area contributed by atoms with Crippen molar-refractivity contribution in [1.29, 1.82) is 0 Å². The third kappa shape index (κ3) is 1.64. The molecule has 2 aromatic rings. The van der Waals surface area contributed by atoms with E-state index in [0.29, 0.717) is 12.4 Å². The average Bonchev–Trinajstić information content (AvgIpc) is 2.96. The zero-order chi connectivity index (χ0) is 11.8. The number of nitrogens with zero attached hydrogens (tertiary/aromatic N) is 3. The fourth-order valence-corrected chi connectivity index (χ4v) is 2.48. The molecule has 0 saturated heterocycles. The molecule has 6 nitrogen and oxygen atoms in total. The van der Waals surface area contributed by atoms with Crippen molar-refractivity contribution < 1.29 is 4.79 Å². The summed E-state index contributed by atoms with van der Waals surface area (Å²) in [6, 6.07) is 1.76. The highest BCUT2D eigenvalue weighted by Gasteiger charge is 2.20. The average molecular weight is 249 g/mol. The quantitative estimate of drug-likeness (QED) is 0.810. The Morgan fingerprint density at radius 3 is 3.29 bits per heavy atom. The van der Waals surface area contributed by atoms with Crippen molar-refractivity contribution in [2.75, 3.05) is 18.9 Å². The lowest BCUT2D eigenvalue weighted by Gasteiger charge is -2.24. The molecule has 1 aliphatic rings. The molecular weight excluding hydrogens is 238 g/mol. The van der Waals surface area contributed by atoms with E-state index < -0.39 is 0 Å². The Hall–Kier alpha value is -2.02. The van der Waals surface area contributed by atoms with Crippen molar-refractivity contribution in [2.24, 2.45) is 0 Å². The van der Waals surface area contributed by atoms with Crippen molar-refractivity contribution in [1.82, 2.24) is 20.2 Å². The minimum absolute atomic E-state index is 0.172. The van der Waals surface area contributed by atoms with Crippen LogP contribution in [0.1, 0.15) is 0 Å². The highest BCUT2D eigenvalue weighted by Crippen LogP contribution is 2.25. The first-order chi connectivity index (χ1) is 8.25. The molecule has 0 bridgehead atoms. The van der Waals surface area contributed by atoms with Crippen molar-refractivity contribution in [2.45, 2.75) is 0 Å². The van der Waals surface area contributed by atoms with Crippen LogP contribution in [-0.2, 0) is 0 Å². The lowest BCUT2D eigenvalue weighted by atomic mass is 10.4. The number of carbonyl (C=O) groups excluding carboxylic acids is 1. The van der Waals surface area contributed by atoms with Crippen LogP contribution in [0.3, 0.4) is 0 Å². The van der Waals surface area contributed by atoms with Gasteiger partial charge >= 0.3 is 6.03 Å². The van der Waals surface area contributed by atoms with Crippen LogP contribution in [0.25, 0.3) is 10.2 Å². The van der Waals surface area contributed by atoms with Crippen LogP contribution < -0.4 is 5.32 Å². The predicted molar refractivity (Wildman–Crippen MR) is 66.6 cm³/mol. The van der Waals surface area contributed by atoms with Crippen LogP contribution in [0.2, 0.25) is 0 Å². The molecule has 0 radical (unpaired) electrons. The number of carbonyl (C=O) groups is 1. The van der Waals surface area contributed by atoms with Gasteiger partial charge in [0.15, 0.2) is 0 Å². The molecule has 1 aliphatic heterocycles. The summed E-state index contributed by atoms with van der Waals surface area (Å²) in [5.41, 5.74) is 0. The van der Waals surface area contributed by atoms with Crippen LogP contribution in [0.5, 0.6) is 0 Å². The number of thiophene rings is 1. The minimum Gasteiger partial charge on any atom is -0.292 e. The predicted octanol–water partition coefficient (Wildman–Crippen LogP) is 1.83. The summed E-state index contributed by atoms with van der Waals surface area (Å²) >= 11 is 1.54. The lowest BCUT2D eigenvalue weighted by molar-refractivity contribution is 0.119. The van der Waals surface area contributed by atoms with Gasteiger partial charge < -0.3 is 0 Å². The number of hydrazine groups is 1. The molecule has 2 aromatic heterocycles. The van der Waals surface area contributed by atoms with Gasteiger partial charge in [-0.3, -0.25) is 15.4 Å². The van der Waals surface area contributed by atoms with E-state index in [9.17, 15) is 4.79 Å². The second-order valence-corrected chi connectivity index (χ2v) is 4.60. The number of aromatic amines is 1. The first kappa shape index (κ1) is 10.2. The van der Waals surface area contributed by atoms with Gasteiger partial charge in [0.05, 0.1) is 11.9 Å².